The monoisotopic (exact) mass is 411 g/mol. The van der Waals surface area contributed by atoms with Crippen LogP contribution in [0.4, 0.5) is 17.1 Å². The maximum absolute atomic E-state index is 9.53. The van der Waals surface area contributed by atoms with Crippen LogP contribution in [0.1, 0.15) is 18.5 Å². The van der Waals surface area contributed by atoms with Crippen molar-refractivity contribution in [2.75, 3.05) is 23.4 Å². The molecule has 2 aromatic carbocycles. The fourth-order valence-electron chi connectivity index (χ4n) is 3.69. The Bertz CT molecular complexity index is 926. The average Bonchev–Trinajstić information content (AvgIpc) is 3.11. The van der Waals surface area contributed by atoms with E-state index in [1.54, 1.807) is 0 Å². The lowest BCUT2D eigenvalue weighted by atomic mass is 10.1. The van der Waals surface area contributed by atoms with Gasteiger partial charge in [0.1, 0.15) is 0 Å². The Morgan fingerprint density at radius 1 is 1.19 bits per heavy atom. The van der Waals surface area contributed by atoms with Crippen molar-refractivity contribution < 1.29 is 5.11 Å². The molecule has 1 atom stereocenters. The highest BCUT2D eigenvalue weighted by Gasteiger charge is 2.23. The molecule has 1 aromatic heterocycles. The van der Waals surface area contributed by atoms with Crippen LogP contribution < -0.4 is 10.2 Å². The Balaban J connectivity index is 1.62. The van der Waals surface area contributed by atoms with Gasteiger partial charge in [-0.25, -0.2) is 0 Å². The maximum atomic E-state index is 9.53. The molecule has 0 saturated carbocycles. The van der Waals surface area contributed by atoms with Crippen LogP contribution in [0.15, 0.2) is 53.0 Å². The molecule has 0 radical (unpaired) electrons. The summed E-state index contributed by atoms with van der Waals surface area (Å²) in [5.41, 5.74) is 5.24. The lowest BCUT2D eigenvalue weighted by Gasteiger charge is -2.25. The van der Waals surface area contributed by atoms with Gasteiger partial charge in [0.05, 0.1) is 18.2 Å². The van der Waals surface area contributed by atoms with Crippen LogP contribution >= 0.6 is 15.9 Å². The van der Waals surface area contributed by atoms with Gasteiger partial charge in [0.2, 0.25) is 0 Å². The van der Waals surface area contributed by atoms with Crippen molar-refractivity contribution in [3.8, 4) is 0 Å². The zero-order valence-electron chi connectivity index (χ0n) is 14.7. The molecule has 3 aromatic rings. The van der Waals surface area contributed by atoms with E-state index in [4.69, 9.17) is 0 Å². The van der Waals surface area contributed by atoms with E-state index < -0.39 is 0 Å². The molecule has 0 aliphatic carbocycles. The molecular weight excluding hydrogens is 390 g/mol. The lowest BCUT2D eigenvalue weighted by molar-refractivity contribution is 0.266. The molecule has 2 heterocycles. The minimum Gasteiger partial charge on any atom is -0.394 e. The van der Waals surface area contributed by atoms with Crippen molar-refractivity contribution in [1.29, 1.82) is 0 Å². The van der Waals surface area contributed by atoms with E-state index in [0.717, 1.165) is 51.8 Å². The summed E-state index contributed by atoms with van der Waals surface area (Å²) in [6, 6.07) is 16.9. The van der Waals surface area contributed by atoms with E-state index in [1.807, 2.05) is 19.1 Å². The van der Waals surface area contributed by atoms with Crippen LogP contribution in [0.5, 0.6) is 0 Å². The summed E-state index contributed by atoms with van der Waals surface area (Å²) < 4.78 is 1.04. The molecule has 134 valence electrons. The summed E-state index contributed by atoms with van der Waals surface area (Å²) >= 11 is 3.55. The van der Waals surface area contributed by atoms with Crippen LogP contribution in [-0.4, -0.2) is 29.3 Å². The average molecular weight is 412 g/mol. The second-order valence-corrected chi connectivity index (χ2v) is 7.73. The molecule has 0 amide bonds. The van der Waals surface area contributed by atoms with E-state index in [9.17, 15) is 5.11 Å². The van der Waals surface area contributed by atoms with Crippen LogP contribution in [0.2, 0.25) is 0 Å². The van der Waals surface area contributed by atoms with Gasteiger partial charge in [-0.15, -0.1) is 0 Å². The first-order chi connectivity index (χ1) is 12.6. The Labute approximate surface area is 162 Å². The van der Waals surface area contributed by atoms with Gasteiger partial charge in [0.25, 0.3) is 0 Å². The van der Waals surface area contributed by atoms with Crippen LogP contribution in [0.25, 0.3) is 10.9 Å². The lowest BCUT2D eigenvalue weighted by Crippen LogP contribution is -2.31. The summed E-state index contributed by atoms with van der Waals surface area (Å²) in [6.07, 6.45) is 2.20. The Morgan fingerprint density at radius 3 is 2.77 bits per heavy atom. The Hall–Kier alpha value is -2.11. The van der Waals surface area contributed by atoms with E-state index >= 15 is 0 Å². The van der Waals surface area contributed by atoms with Gasteiger partial charge in [0, 0.05) is 39.2 Å². The van der Waals surface area contributed by atoms with Gasteiger partial charge in [-0.3, -0.25) is 4.98 Å². The molecule has 4 nitrogen and oxygen atoms in total. The third-order valence-corrected chi connectivity index (χ3v) is 5.46. The second kappa shape index (κ2) is 7.25. The Morgan fingerprint density at radius 2 is 2.00 bits per heavy atom. The summed E-state index contributed by atoms with van der Waals surface area (Å²) in [5.74, 6) is 0. The molecule has 1 fully saturated rings. The molecule has 4 rings (SSSR count). The zero-order valence-corrected chi connectivity index (χ0v) is 16.3. The molecule has 0 bridgehead atoms. The maximum Gasteiger partial charge on any atom is 0.0726 e. The number of aryl methyl sites for hydroxylation is 1. The number of hydrogen-bond donors (Lipinski definition) is 2. The Kier molecular flexibility index (Phi) is 4.83. The number of halogens is 1. The van der Waals surface area contributed by atoms with Crippen molar-refractivity contribution in [2.24, 2.45) is 0 Å². The molecule has 26 heavy (non-hydrogen) atoms. The molecule has 1 aliphatic rings. The van der Waals surface area contributed by atoms with Crippen molar-refractivity contribution in [3.05, 3.63) is 58.7 Å². The normalized spacial score (nSPS) is 17.0. The number of nitrogens with one attached hydrogen (secondary N) is 1. The molecule has 1 saturated heterocycles. The largest absolute Gasteiger partial charge is 0.394 e. The van der Waals surface area contributed by atoms with Gasteiger partial charge in [0.15, 0.2) is 0 Å². The number of benzene rings is 2. The molecular formula is C21H22BrN3O. The summed E-state index contributed by atoms with van der Waals surface area (Å²) in [6.45, 7) is 3.25. The number of aromatic nitrogens is 1. The molecule has 5 heteroatoms. The van der Waals surface area contributed by atoms with Crippen molar-refractivity contribution in [2.45, 2.75) is 25.8 Å². The minimum atomic E-state index is 0.219. The smallest absolute Gasteiger partial charge is 0.0726 e. The standard InChI is InChI=1S/C21H22BrN3O/c1-14-11-21(19-12-15(22)4-9-20(19)23-14)24-16-5-7-17(8-6-16)25-10-2-3-18(25)13-26/h4-9,11-12,18,26H,2-3,10,13H2,1H3,(H,23,24). The number of pyridine rings is 1. The van der Waals surface area contributed by atoms with Crippen LogP contribution in [0, 0.1) is 6.92 Å². The molecule has 2 N–H and O–H groups in total. The molecule has 1 aliphatic heterocycles. The van der Waals surface area contributed by atoms with E-state index in [0.29, 0.717) is 0 Å². The SMILES string of the molecule is Cc1cc(Nc2ccc(N3CCCC3CO)cc2)c2cc(Br)ccc2n1. The van der Waals surface area contributed by atoms with Crippen molar-refractivity contribution in [1.82, 2.24) is 4.98 Å². The number of rotatable bonds is 4. The number of aliphatic hydroxyl groups is 1. The highest BCUT2D eigenvalue weighted by atomic mass is 79.9. The second-order valence-electron chi connectivity index (χ2n) is 6.82. The molecule has 0 spiro atoms. The number of aliphatic hydroxyl groups excluding tert-OH is 1. The van der Waals surface area contributed by atoms with Gasteiger partial charge in [-0.1, -0.05) is 15.9 Å². The third-order valence-electron chi connectivity index (χ3n) is 4.96. The fourth-order valence-corrected chi connectivity index (χ4v) is 4.05. The van der Waals surface area contributed by atoms with Crippen LogP contribution in [0.3, 0.4) is 0 Å². The summed E-state index contributed by atoms with van der Waals surface area (Å²) in [7, 11) is 0. The quantitative estimate of drug-likeness (QED) is 0.633. The fraction of sp³-hybridized carbons (Fsp3) is 0.286. The number of nitrogens with zero attached hydrogens (tertiary/aromatic N) is 2. The number of anilines is 3. The van der Waals surface area contributed by atoms with Gasteiger partial charge >= 0.3 is 0 Å². The van der Waals surface area contributed by atoms with Crippen molar-refractivity contribution in [3.63, 3.8) is 0 Å². The van der Waals surface area contributed by atoms with E-state index in [2.05, 4.69) is 67.5 Å². The number of hydrogen-bond acceptors (Lipinski definition) is 4. The van der Waals surface area contributed by atoms with Crippen LogP contribution in [-0.2, 0) is 0 Å². The highest BCUT2D eigenvalue weighted by molar-refractivity contribution is 9.10. The van der Waals surface area contributed by atoms with Gasteiger partial charge in [-0.2, -0.15) is 0 Å². The third kappa shape index (κ3) is 3.41. The predicted molar refractivity (Wildman–Crippen MR) is 111 cm³/mol. The minimum absolute atomic E-state index is 0.219. The predicted octanol–water partition coefficient (Wildman–Crippen LogP) is 5.01. The first-order valence-corrected chi connectivity index (χ1v) is 9.75. The van der Waals surface area contributed by atoms with Crippen molar-refractivity contribution >= 4 is 43.9 Å². The van der Waals surface area contributed by atoms with E-state index in [1.165, 1.54) is 5.69 Å². The first-order valence-electron chi connectivity index (χ1n) is 8.95. The first kappa shape index (κ1) is 17.3. The number of fused-ring (bicyclic) bond motifs is 1. The van der Waals surface area contributed by atoms with E-state index in [-0.39, 0.29) is 12.6 Å². The molecule has 1 unspecified atom stereocenters. The van der Waals surface area contributed by atoms with Gasteiger partial charge in [-0.05, 0) is 68.3 Å². The zero-order chi connectivity index (χ0) is 18.1. The topological polar surface area (TPSA) is 48.4 Å². The van der Waals surface area contributed by atoms with Gasteiger partial charge < -0.3 is 15.3 Å². The summed E-state index contributed by atoms with van der Waals surface area (Å²) in [5, 5.41) is 14.2. The highest BCUT2D eigenvalue weighted by Crippen LogP contribution is 2.31. The summed E-state index contributed by atoms with van der Waals surface area (Å²) in [4.78, 5) is 6.91.